The Balaban J connectivity index is 1.47. The third-order valence-corrected chi connectivity index (χ3v) is 7.21. The van der Waals surface area contributed by atoms with Gasteiger partial charge in [-0.15, -0.1) is 0 Å². The maximum Gasteiger partial charge on any atom is 0.253 e. The molecule has 0 aliphatic carbocycles. The molecule has 1 fully saturated rings. The minimum Gasteiger partial charge on any atom is -0.336 e. The van der Waals surface area contributed by atoms with Crippen molar-refractivity contribution in [1.82, 2.24) is 24.5 Å². The van der Waals surface area contributed by atoms with E-state index < -0.39 is 10.0 Å². The number of hydrogen-bond acceptors (Lipinski definition) is 7. The number of nitrogens with zero attached hydrogens (tertiary/aromatic N) is 4. The number of aromatic nitrogens is 2. The molecule has 33 heavy (non-hydrogen) atoms. The van der Waals surface area contributed by atoms with E-state index in [1.54, 1.807) is 48.7 Å². The predicted octanol–water partition coefficient (Wildman–Crippen LogP) is 2.18. The van der Waals surface area contributed by atoms with Crippen molar-refractivity contribution in [2.24, 2.45) is 0 Å². The van der Waals surface area contributed by atoms with Crippen molar-refractivity contribution in [3.05, 3.63) is 66.4 Å². The maximum atomic E-state index is 12.6. The van der Waals surface area contributed by atoms with Crippen LogP contribution in [0.3, 0.4) is 0 Å². The number of hydrogen-bond donors (Lipinski definition) is 2. The molecule has 4 rings (SSSR count). The van der Waals surface area contributed by atoms with Crippen LogP contribution in [0.15, 0.2) is 65.7 Å². The van der Waals surface area contributed by atoms with Crippen LogP contribution in [0.4, 0.5) is 11.6 Å². The lowest BCUT2D eigenvalue weighted by Gasteiger charge is -2.27. The number of rotatable bonds is 6. The summed E-state index contributed by atoms with van der Waals surface area (Å²) in [5.74, 6) is 0.430. The second kappa shape index (κ2) is 9.65. The lowest BCUT2D eigenvalue weighted by molar-refractivity contribution is 0.0736. The van der Waals surface area contributed by atoms with Gasteiger partial charge in [0.2, 0.25) is 16.0 Å². The summed E-state index contributed by atoms with van der Waals surface area (Å²) in [6.45, 7) is 3.05. The molecule has 2 heterocycles. The highest BCUT2D eigenvalue weighted by atomic mass is 32.2. The van der Waals surface area contributed by atoms with Crippen molar-refractivity contribution in [3.63, 3.8) is 0 Å². The van der Waals surface area contributed by atoms with Gasteiger partial charge in [-0.25, -0.2) is 22.7 Å². The quantitative estimate of drug-likeness (QED) is 0.573. The molecule has 1 saturated heterocycles. The third-order valence-electron chi connectivity index (χ3n) is 5.38. The van der Waals surface area contributed by atoms with Gasteiger partial charge in [-0.1, -0.05) is 12.1 Å². The van der Waals surface area contributed by atoms with Crippen molar-refractivity contribution in [3.8, 4) is 11.3 Å². The van der Waals surface area contributed by atoms with E-state index in [-0.39, 0.29) is 10.8 Å². The molecule has 0 bridgehead atoms. The smallest absolute Gasteiger partial charge is 0.253 e. The van der Waals surface area contributed by atoms with E-state index in [1.807, 2.05) is 17.0 Å². The van der Waals surface area contributed by atoms with E-state index in [0.717, 1.165) is 24.3 Å². The van der Waals surface area contributed by atoms with Crippen molar-refractivity contribution >= 4 is 27.6 Å². The highest BCUT2D eigenvalue weighted by Gasteiger charge is 2.18. The molecule has 1 aliphatic heterocycles. The number of piperazine rings is 1. The summed E-state index contributed by atoms with van der Waals surface area (Å²) in [4.78, 5) is 23.5. The standard InChI is InChI=1S/C23H26N6O3S/c1-28(2)33(31,32)20-9-5-17(6-10-20)21-11-12-25-23(27-21)26-19-7-3-18(4-8-19)22(30)29-15-13-24-14-16-29/h3-12,24H,13-16H2,1-2H3,(H,25,26,27). The molecule has 1 amide bonds. The van der Waals surface area contributed by atoms with Gasteiger partial charge in [0.25, 0.3) is 5.91 Å². The zero-order valence-electron chi connectivity index (χ0n) is 18.5. The zero-order chi connectivity index (χ0) is 23.4. The van der Waals surface area contributed by atoms with Crippen LogP contribution in [0.2, 0.25) is 0 Å². The van der Waals surface area contributed by atoms with Gasteiger partial charge in [-0.3, -0.25) is 4.79 Å². The zero-order valence-corrected chi connectivity index (χ0v) is 19.3. The van der Waals surface area contributed by atoms with Gasteiger partial charge in [0.1, 0.15) is 0 Å². The van der Waals surface area contributed by atoms with Crippen LogP contribution in [0.1, 0.15) is 10.4 Å². The number of carbonyl (C=O) groups excluding carboxylic acids is 1. The molecule has 2 aromatic carbocycles. The van der Waals surface area contributed by atoms with Gasteiger partial charge < -0.3 is 15.5 Å². The molecule has 0 atom stereocenters. The van der Waals surface area contributed by atoms with Crippen molar-refractivity contribution < 1.29 is 13.2 Å². The predicted molar refractivity (Wildman–Crippen MR) is 127 cm³/mol. The van der Waals surface area contributed by atoms with Crippen LogP contribution in [0, 0.1) is 0 Å². The second-order valence-electron chi connectivity index (χ2n) is 7.82. The van der Waals surface area contributed by atoms with Gasteiger partial charge in [0.05, 0.1) is 10.6 Å². The number of nitrogens with one attached hydrogen (secondary N) is 2. The number of sulfonamides is 1. The molecule has 0 radical (unpaired) electrons. The van der Waals surface area contributed by atoms with Crippen molar-refractivity contribution in [2.45, 2.75) is 4.90 Å². The minimum atomic E-state index is -3.48. The molecular formula is C23H26N6O3S. The summed E-state index contributed by atoms with van der Waals surface area (Å²) < 4.78 is 25.7. The fraction of sp³-hybridized carbons (Fsp3) is 0.261. The fourth-order valence-corrected chi connectivity index (χ4v) is 4.37. The summed E-state index contributed by atoms with van der Waals surface area (Å²) >= 11 is 0. The van der Waals surface area contributed by atoms with Crippen LogP contribution < -0.4 is 10.6 Å². The molecule has 172 valence electrons. The Morgan fingerprint density at radius 3 is 2.30 bits per heavy atom. The van der Waals surface area contributed by atoms with E-state index in [4.69, 9.17) is 0 Å². The Morgan fingerprint density at radius 1 is 1.00 bits per heavy atom. The Bertz CT molecular complexity index is 1220. The number of carbonyl (C=O) groups is 1. The summed E-state index contributed by atoms with van der Waals surface area (Å²) in [5.41, 5.74) is 2.84. The average molecular weight is 467 g/mol. The van der Waals surface area contributed by atoms with Crippen LogP contribution >= 0.6 is 0 Å². The Hall–Kier alpha value is -3.34. The number of anilines is 2. The molecule has 0 saturated carbocycles. The molecule has 9 nitrogen and oxygen atoms in total. The Labute approximate surface area is 193 Å². The highest BCUT2D eigenvalue weighted by molar-refractivity contribution is 7.89. The van der Waals surface area contributed by atoms with E-state index in [2.05, 4.69) is 20.6 Å². The lowest BCUT2D eigenvalue weighted by Crippen LogP contribution is -2.46. The van der Waals surface area contributed by atoms with Gasteiger partial charge in [0, 0.05) is 63.3 Å². The first-order valence-electron chi connectivity index (χ1n) is 10.6. The molecule has 3 aromatic rings. The average Bonchev–Trinajstić information content (AvgIpc) is 2.85. The number of benzene rings is 2. The molecular weight excluding hydrogens is 440 g/mol. The highest BCUT2D eigenvalue weighted by Crippen LogP contribution is 2.22. The van der Waals surface area contributed by atoms with E-state index in [9.17, 15) is 13.2 Å². The van der Waals surface area contributed by atoms with Crippen LogP contribution in [-0.2, 0) is 10.0 Å². The third kappa shape index (κ3) is 5.19. The largest absolute Gasteiger partial charge is 0.336 e. The van der Waals surface area contributed by atoms with Gasteiger partial charge in [0.15, 0.2) is 0 Å². The lowest BCUT2D eigenvalue weighted by atomic mass is 10.1. The monoisotopic (exact) mass is 466 g/mol. The minimum absolute atomic E-state index is 0.0287. The first kappa shape index (κ1) is 22.8. The van der Waals surface area contributed by atoms with Crippen molar-refractivity contribution in [1.29, 1.82) is 0 Å². The van der Waals surface area contributed by atoms with E-state index in [0.29, 0.717) is 30.3 Å². The second-order valence-corrected chi connectivity index (χ2v) is 9.97. The van der Waals surface area contributed by atoms with Gasteiger partial charge in [-0.2, -0.15) is 0 Å². The van der Waals surface area contributed by atoms with Crippen LogP contribution in [0.5, 0.6) is 0 Å². The first-order valence-corrected chi connectivity index (χ1v) is 12.0. The molecule has 2 N–H and O–H groups in total. The molecule has 1 aliphatic rings. The van der Waals surface area contributed by atoms with E-state index in [1.165, 1.54) is 18.4 Å². The van der Waals surface area contributed by atoms with E-state index >= 15 is 0 Å². The maximum absolute atomic E-state index is 12.6. The Morgan fingerprint density at radius 2 is 1.67 bits per heavy atom. The summed E-state index contributed by atoms with van der Waals surface area (Å²) in [6.07, 6.45) is 1.64. The number of amides is 1. The molecule has 1 aromatic heterocycles. The van der Waals surface area contributed by atoms with Gasteiger partial charge in [-0.05, 0) is 42.5 Å². The summed E-state index contributed by atoms with van der Waals surface area (Å²) in [6, 6.07) is 15.6. The van der Waals surface area contributed by atoms with Gasteiger partial charge >= 0.3 is 0 Å². The SMILES string of the molecule is CN(C)S(=O)(=O)c1ccc(-c2ccnc(Nc3ccc(C(=O)N4CCNCC4)cc3)n2)cc1. The molecule has 0 spiro atoms. The van der Waals surface area contributed by atoms with Crippen molar-refractivity contribution in [2.75, 3.05) is 45.6 Å². The molecule has 10 heteroatoms. The fourth-order valence-electron chi connectivity index (χ4n) is 3.46. The topological polar surface area (TPSA) is 108 Å². The normalized spacial score (nSPS) is 14.3. The summed E-state index contributed by atoms with van der Waals surface area (Å²) in [7, 11) is -0.485. The first-order chi connectivity index (χ1) is 15.8. The summed E-state index contributed by atoms with van der Waals surface area (Å²) in [5, 5.41) is 6.39. The Kier molecular flexibility index (Phi) is 6.68. The van der Waals surface area contributed by atoms with Crippen LogP contribution in [0.25, 0.3) is 11.3 Å². The van der Waals surface area contributed by atoms with Crippen LogP contribution in [-0.4, -0.2) is 73.8 Å². The molecule has 0 unspecified atom stereocenters.